The molecule has 2 rings (SSSR count). The molecule has 0 aliphatic carbocycles. The quantitative estimate of drug-likeness (QED) is 0.812. The molecule has 6 heteroatoms. The van der Waals surface area contributed by atoms with E-state index in [0.29, 0.717) is 0 Å². The first kappa shape index (κ1) is 12.6. The van der Waals surface area contributed by atoms with Crippen molar-refractivity contribution in [3.05, 3.63) is 35.4 Å². The van der Waals surface area contributed by atoms with Gasteiger partial charge in [-0.1, -0.05) is 0 Å². The number of carbonyl (C=O) groups is 2. The highest BCUT2D eigenvalue weighted by Crippen LogP contribution is 2.13. The molecule has 1 aliphatic rings. The lowest BCUT2D eigenvalue weighted by Crippen LogP contribution is -2.36. The van der Waals surface area contributed by atoms with E-state index in [-0.39, 0.29) is 30.3 Å². The minimum Gasteiger partial charge on any atom is -0.301 e. The molecule has 1 aliphatic heterocycles. The molecule has 1 unspecified atom stereocenters. The third kappa shape index (κ3) is 2.38. The number of likely N-dealkylation sites (N-methyl/N-ethyl adjacent to an activating group) is 1. The SMILES string of the molecule is CN1C(=O)CC(NCc2cc(F)ccc2F)C1=O. The summed E-state index contributed by atoms with van der Waals surface area (Å²) in [6.07, 6.45) is 0.0479. The van der Waals surface area contributed by atoms with E-state index < -0.39 is 17.7 Å². The molecule has 4 nitrogen and oxygen atoms in total. The number of halogens is 2. The first-order valence-corrected chi connectivity index (χ1v) is 5.46. The first-order valence-electron chi connectivity index (χ1n) is 5.46. The van der Waals surface area contributed by atoms with Crippen molar-refractivity contribution >= 4 is 11.8 Å². The molecule has 1 N–H and O–H groups in total. The Hall–Kier alpha value is -1.82. The third-order valence-corrected chi connectivity index (χ3v) is 2.93. The number of hydrogen-bond donors (Lipinski definition) is 1. The van der Waals surface area contributed by atoms with Crippen LogP contribution in [0.4, 0.5) is 8.78 Å². The molecule has 0 bridgehead atoms. The van der Waals surface area contributed by atoms with Crippen LogP contribution in [0.3, 0.4) is 0 Å². The van der Waals surface area contributed by atoms with Crippen molar-refractivity contribution in [2.75, 3.05) is 7.05 Å². The third-order valence-electron chi connectivity index (χ3n) is 2.93. The summed E-state index contributed by atoms with van der Waals surface area (Å²) in [5.74, 6) is -1.72. The summed E-state index contributed by atoms with van der Waals surface area (Å²) < 4.78 is 26.2. The lowest BCUT2D eigenvalue weighted by atomic mass is 10.2. The fourth-order valence-electron chi connectivity index (χ4n) is 1.83. The molecule has 1 aromatic carbocycles. The summed E-state index contributed by atoms with van der Waals surface area (Å²) in [5.41, 5.74) is 0.129. The zero-order valence-corrected chi connectivity index (χ0v) is 9.74. The molecule has 2 amide bonds. The van der Waals surface area contributed by atoms with Crippen molar-refractivity contribution < 1.29 is 18.4 Å². The number of benzene rings is 1. The molecule has 1 aromatic rings. The van der Waals surface area contributed by atoms with E-state index in [1.807, 2.05) is 0 Å². The van der Waals surface area contributed by atoms with Crippen LogP contribution in [0.15, 0.2) is 18.2 Å². The van der Waals surface area contributed by atoms with Crippen LogP contribution in [-0.4, -0.2) is 29.8 Å². The Labute approximate surface area is 103 Å². The molecular weight excluding hydrogens is 242 g/mol. The number of amides is 2. The predicted molar refractivity (Wildman–Crippen MR) is 59.4 cm³/mol. The van der Waals surface area contributed by atoms with Crippen LogP contribution in [0.1, 0.15) is 12.0 Å². The minimum absolute atomic E-state index is 0.00111. The second kappa shape index (κ2) is 4.81. The van der Waals surface area contributed by atoms with Gasteiger partial charge in [0.25, 0.3) is 0 Å². The van der Waals surface area contributed by atoms with E-state index in [9.17, 15) is 18.4 Å². The molecule has 0 radical (unpaired) electrons. The predicted octanol–water partition coefficient (Wildman–Crippen LogP) is 0.812. The van der Waals surface area contributed by atoms with Crippen LogP contribution in [0.5, 0.6) is 0 Å². The minimum atomic E-state index is -0.662. The van der Waals surface area contributed by atoms with Gasteiger partial charge in [-0.05, 0) is 18.2 Å². The molecular formula is C12H12F2N2O2. The van der Waals surface area contributed by atoms with Crippen molar-refractivity contribution in [3.63, 3.8) is 0 Å². The average Bonchev–Trinajstić information content (AvgIpc) is 2.58. The smallest absolute Gasteiger partial charge is 0.246 e. The van der Waals surface area contributed by atoms with Crippen LogP contribution >= 0.6 is 0 Å². The van der Waals surface area contributed by atoms with E-state index in [4.69, 9.17) is 0 Å². The van der Waals surface area contributed by atoms with Gasteiger partial charge in [0.05, 0.1) is 12.5 Å². The summed E-state index contributed by atoms with van der Waals surface area (Å²) in [6, 6.07) is 2.45. The molecule has 18 heavy (non-hydrogen) atoms. The number of imide groups is 1. The van der Waals surface area contributed by atoms with Gasteiger partial charge in [-0.3, -0.25) is 14.5 Å². The first-order chi connectivity index (χ1) is 8.49. The van der Waals surface area contributed by atoms with Crippen LogP contribution in [0.25, 0.3) is 0 Å². The number of carbonyl (C=O) groups excluding carboxylic acids is 2. The van der Waals surface area contributed by atoms with Crippen molar-refractivity contribution in [2.45, 2.75) is 19.0 Å². The molecule has 1 fully saturated rings. The number of likely N-dealkylation sites (tertiary alicyclic amines) is 1. The summed E-state index contributed by atoms with van der Waals surface area (Å²) in [5, 5.41) is 2.76. The van der Waals surface area contributed by atoms with E-state index in [1.165, 1.54) is 7.05 Å². The van der Waals surface area contributed by atoms with Crippen LogP contribution in [0, 0.1) is 11.6 Å². The summed E-state index contributed by atoms with van der Waals surface area (Å²) in [6.45, 7) is 0.00111. The Morgan fingerprint density at radius 3 is 2.72 bits per heavy atom. The van der Waals surface area contributed by atoms with Crippen molar-refractivity contribution in [2.24, 2.45) is 0 Å². The maximum absolute atomic E-state index is 13.3. The zero-order valence-electron chi connectivity index (χ0n) is 9.74. The van der Waals surface area contributed by atoms with Gasteiger partial charge in [-0.15, -0.1) is 0 Å². The number of hydrogen-bond acceptors (Lipinski definition) is 3. The van der Waals surface area contributed by atoms with E-state index in [1.54, 1.807) is 0 Å². The Morgan fingerprint density at radius 2 is 2.11 bits per heavy atom. The van der Waals surface area contributed by atoms with E-state index >= 15 is 0 Å². The molecule has 0 spiro atoms. The molecule has 1 heterocycles. The van der Waals surface area contributed by atoms with Crippen LogP contribution in [0.2, 0.25) is 0 Å². The monoisotopic (exact) mass is 254 g/mol. The molecule has 1 atom stereocenters. The van der Waals surface area contributed by atoms with Gasteiger partial charge in [-0.25, -0.2) is 8.78 Å². The van der Waals surface area contributed by atoms with Crippen molar-refractivity contribution in [1.29, 1.82) is 0 Å². The molecule has 0 saturated carbocycles. The topological polar surface area (TPSA) is 49.4 Å². The van der Waals surface area contributed by atoms with Gasteiger partial charge >= 0.3 is 0 Å². The highest BCUT2D eigenvalue weighted by molar-refractivity contribution is 6.05. The fourth-order valence-corrected chi connectivity index (χ4v) is 1.83. The lowest BCUT2D eigenvalue weighted by molar-refractivity contribution is -0.137. The van der Waals surface area contributed by atoms with Crippen LogP contribution < -0.4 is 5.32 Å². The Morgan fingerprint density at radius 1 is 1.39 bits per heavy atom. The van der Waals surface area contributed by atoms with E-state index in [2.05, 4.69) is 5.32 Å². The summed E-state index contributed by atoms with van der Waals surface area (Å²) >= 11 is 0. The van der Waals surface area contributed by atoms with Gasteiger partial charge in [0.15, 0.2) is 0 Å². The number of nitrogens with one attached hydrogen (secondary N) is 1. The van der Waals surface area contributed by atoms with Gasteiger partial charge in [-0.2, -0.15) is 0 Å². The highest BCUT2D eigenvalue weighted by Gasteiger charge is 2.35. The van der Waals surface area contributed by atoms with Gasteiger partial charge in [0, 0.05) is 19.2 Å². The highest BCUT2D eigenvalue weighted by atomic mass is 19.1. The molecule has 0 aromatic heterocycles. The Balaban J connectivity index is 2.02. The Bertz CT molecular complexity index is 505. The second-order valence-corrected chi connectivity index (χ2v) is 4.16. The van der Waals surface area contributed by atoms with Crippen molar-refractivity contribution in [1.82, 2.24) is 10.2 Å². The zero-order chi connectivity index (χ0) is 13.3. The van der Waals surface area contributed by atoms with Crippen molar-refractivity contribution in [3.8, 4) is 0 Å². The lowest BCUT2D eigenvalue weighted by Gasteiger charge is -2.11. The van der Waals surface area contributed by atoms with Gasteiger partial charge in [0.2, 0.25) is 11.8 Å². The molecule has 96 valence electrons. The fraction of sp³-hybridized carbons (Fsp3) is 0.333. The Kier molecular flexibility index (Phi) is 3.38. The van der Waals surface area contributed by atoms with E-state index in [0.717, 1.165) is 23.1 Å². The largest absolute Gasteiger partial charge is 0.301 e. The normalized spacial score (nSPS) is 19.7. The second-order valence-electron chi connectivity index (χ2n) is 4.16. The maximum atomic E-state index is 13.3. The summed E-state index contributed by atoms with van der Waals surface area (Å²) in [4.78, 5) is 23.8. The number of nitrogens with zero attached hydrogens (tertiary/aromatic N) is 1. The number of rotatable bonds is 3. The van der Waals surface area contributed by atoms with Crippen LogP contribution in [-0.2, 0) is 16.1 Å². The van der Waals surface area contributed by atoms with Gasteiger partial charge in [0.1, 0.15) is 11.6 Å². The maximum Gasteiger partial charge on any atom is 0.246 e. The van der Waals surface area contributed by atoms with Gasteiger partial charge < -0.3 is 5.32 Å². The average molecular weight is 254 g/mol. The molecule has 1 saturated heterocycles. The summed E-state index contributed by atoms with van der Waals surface area (Å²) in [7, 11) is 1.40. The standard InChI is InChI=1S/C12H12F2N2O2/c1-16-11(17)5-10(12(16)18)15-6-7-4-8(13)2-3-9(7)14/h2-4,10,15H,5-6H2,1H3.